The predicted molar refractivity (Wildman–Crippen MR) is 97.7 cm³/mol. The summed E-state index contributed by atoms with van der Waals surface area (Å²) in [7, 11) is 1.60. The summed E-state index contributed by atoms with van der Waals surface area (Å²) in [5.41, 5.74) is 4.11. The lowest BCUT2D eigenvalue weighted by Gasteiger charge is -2.35. The molecule has 0 radical (unpaired) electrons. The van der Waals surface area contributed by atoms with E-state index in [1.807, 2.05) is 54.6 Å². The third-order valence-electron chi connectivity index (χ3n) is 4.71. The van der Waals surface area contributed by atoms with Crippen LogP contribution in [-0.4, -0.2) is 12.2 Å². The van der Waals surface area contributed by atoms with Crippen molar-refractivity contribution in [3.05, 3.63) is 83.9 Å². The normalized spacial score (nSPS) is 19.0. The zero-order chi connectivity index (χ0) is 17.3. The predicted octanol–water partition coefficient (Wildman–Crippen LogP) is 4.53. The van der Waals surface area contributed by atoms with Crippen molar-refractivity contribution in [2.75, 3.05) is 7.11 Å². The second kappa shape index (κ2) is 6.26. The number of hydrogen-bond donors (Lipinski definition) is 1. The fourth-order valence-electron chi connectivity index (χ4n) is 3.38. The summed E-state index contributed by atoms with van der Waals surface area (Å²) in [5, 5.41) is 11.1. The minimum Gasteiger partial charge on any atom is -0.496 e. The van der Waals surface area contributed by atoms with Gasteiger partial charge in [0.15, 0.2) is 0 Å². The first-order valence-electron chi connectivity index (χ1n) is 8.43. The van der Waals surface area contributed by atoms with Crippen molar-refractivity contribution < 1.29 is 14.6 Å². The maximum atomic E-state index is 11.1. The van der Waals surface area contributed by atoms with Gasteiger partial charge >= 0.3 is 0 Å². The molecule has 1 aliphatic heterocycles. The molecular formula is C22H20O3. The molecule has 0 saturated carbocycles. The molecule has 0 aliphatic carbocycles. The molecule has 0 spiro atoms. The van der Waals surface area contributed by atoms with Gasteiger partial charge in [-0.3, -0.25) is 0 Å². The molecule has 25 heavy (non-hydrogen) atoms. The smallest absolute Gasteiger partial charge is 0.238 e. The molecule has 1 aliphatic rings. The molecule has 1 atom stereocenters. The molecule has 0 aromatic heterocycles. The number of rotatable bonds is 3. The topological polar surface area (TPSA) is 38.7 Å². The molecule has 0 amide bonds. The Morgan fingerprint density at radius 2 is 1.68 bits per heavy atom. The maximum absolute atomic E-state index is 11.1. The second-order valence-electron chi connectivity index (χ2n) is 6.28. The average Bonchev–Trinajstić information content (AvgIpc) is 2.68. The molecular weight excluding hydrogens is 312 g/mol. The van der Waals surface area contributed by atoms with Gasteiger partial charge in [-0.15, -0.1) is 0 Å². The van der Waals surface area contributed by atoms with Gasteiger partial charge in [0.2, 0.25) is 5.79 Å². The van der Waals surface area contributed by atoms with Gasteiger partial charge in [-0.25, -0.2) is 0 Å². The Hall–Kier alpha value is -2.78. The first-order valence-corrected chi connectivity index (χ1v) is 8.43. The Morgan fingerprint density at radius 3 is 2.48 bits per heavy atom. The number of aryl methyl sites for hydroxylation is 1. The minimum atomic E-state index is -1.37. The van der Waals surface area contributed by atoms with Gasteiger partial charge in [-0.2, -0.15) is 0 Å². The lowest BCUT2D eigenvalue weighted by Crippen LogP contribution is -2.36. The highest BCUT2D eigenvalue weighted by Gasteiger charge is 2.38. The third kappa shape index (κ3) is 2.87. The highest BCUT2D eigenvalue weighted by molar-refractivity contribution is 5.66. The molecule has 126 valence electrons. The van der Waals surface area contributed by atoms with Crippen molar-refractivity contribution in [1.29, 1.82) is 0 Å². The number of aliphatic hydroxyl groups is 1. The monoisotopic (exact) mass is 332 g/mol. The SMILES string of the molecule is COc1ccccc1C1(O)CCc2cc(-c3ccccc3)ccc2O1. The Morgan fingerprint density at radius 1 is 0.920 bits per heavy atom. The molecule has 0 fully saturated rings. The molecule has 1 heterocycles. The van der Waals surface area contributed by atoms with E-state index in [2.05, 4.69) is 18.2 Å². The van der Waals surface area contributed by atoms with E-state index in [1.54, 1.807) is 7.11 Å². The average molecular weight is 332 g/mol. The Kier molecular flexibility index (Phi) is 3.94. The van der Waals surface area contributed by atoms with E-state index in [0.717, 1.165) is 23.3 Å². The van der Waals surface area contributed by atoms with E-state index in [1.165, 1.54) is 5.56 Å². The van der Waals surface area contributed by atoms with Crippen LogP contribution in [-0.2, 0) is 12.2 Å². The van der Waals surface area contributed by atoms with E-state index in [-0.39, 0.29) is 0 Å². The first-order chi connectivity index (χ1) is 12.2. The van der Waals surface area contributed by atoms with Crippen LogP contribution in [0.1, 0.15) is 17.5 Å². The maximum Gasteiger partial charge on any atom is 0.238 e. The lowest BCUT2D eigenvalue weighted by atomic mass is 9.92. The van der Waals surface area contributed by atoms with Crippen molar-refractivity contribution in [2.24, 2.45) is 0 Å². The highest BCUT2D eigenvalue weighted by atomic mass is 16.6. The van der Waals surface area contributed by atoms with E-state index in [0.29, 0.717) is 17.7 Å². The quantitative estimate of drug-likeness (QED) is 0.766. The fraction of sp³-hybridized carbons (Fsp3) is 0.182. The van der Waals surface area contributed by atoms with Crippen LogP contribution in [0.15, 0.2) is 72.8 Å². The number of methoxy groups -OCH3 is 1. The van der Waals surface area contributed by atoms with Gasteiger partial charge in [0.25, 0.3) is 0 Å². The van der Waals surface area contributed by atoms with Crippen LogP contribution in [0.5, 0.6) is 11.5 Å². The number of benzene rings is 3. The third-order valence-corrected chi connectivity index (χ3v) is 4.71. The number of fused-ring (bicyclic) bond motifs is 1. The van der Waals surface area contributed by atoms with E-state index in [4.69, 9.17) is 9.47 Å². The Balaban J connectivity index is 1.68. The summed E-state index contributed by atoms with van der Waals surface area (Å²) in [4.78, 5) is 0. The van der Waals surface area contributed by atoms with Crippen LogP contribution in [0.4, 0.5) is 0 Å². The standard InChI is InChI=1S/C22H20O3/c1-24-21-10-6-5-9-19(21)22(23)14-13-18-15-17(11-12-20(18)25-22)16-7-3-2-4-8-16/h2-12,15,23H,13-14H2,1H3. The summed E-state index contributed by atoms with van der Waals surface area (Å²) in [6.07, 6.45) is 1.23. The molecule has 3 heteroatoms. The van der Waals surface area contributed by atoms with Crippen molar-refractivity contribution in [3.8, 4) is 22.6 Å². The van der Waals surface area contributed by atoms with Crippen molar-refractivity contribution in [1.82, 2.24) is 0 Å². The summed E-state index contributed by atoms with van der Waals surface area (Å²) in [6.45, 7) is 0. The number of hydrogen-bond acceptors (Lipinski definition) is 3. The summed E-state index contributed by atoms with van der Waals surface area (Å²) in [5.74, 6) is -0.0119. The molecule has 3 aromatic carbocycles. The number of para-hydroxylation sites is 1. The van der Waals surface area contributed by atoms with Crippen LogP contribution < -0.4 is 9.47 Å². The van der Waals surface area contributed by atoms with Crippen LogP contribution in [0.2, 0.25) is 0 Å². The zero-order valence-electron chi connectivity index (χ0n) is 14.1. The van der Waals surface area contributed by atoms with Crippen LogP contribution >= 0.6 is 0 Å². The van der Waals surface area contributed by atoms with Gasteiger partial charge < -0.3 is 14.6 Å². The molecule has 1 unspecified atom stereocenters. The van der Waals surface area contributed by atoms with Gasteiger partial charge in [0, 0.05) is 6.42 Å². The Bertz CT molecular complexity index is 889. The molecule has 4 rings (SSSR count). The second-order valence-corrected chi connectivity index (χ2v) is 6.28. The van der Waals surface area contributed by atoms with Crippen molar-refractivity contribution >= 4 is 0 Å². The number of ether oxygens (including phenoxy) is 2. The first kappa shape index (κ1) is 15.7. The summed E-state index contributed by atoms with van der Waals surface area (Å²) >= 11 is 0. The van der Waals surface area contributed by atoms with Crippen LogP contribution in [0.25, 0.3) is 11.1 Å². The zero-order valence-corrected chi connectivity index (χ0v) is 14.1. The summed E-state index contributed by atoms with van der Waals surface area (Å²) < 4.78 is 11.4. The molecule has 0 saturated heterocycles. The molecule has 3 nitrogen and oxygen atoms in total. The van der Waals surface area contributed by atoms with Crippen LogP contribution in [0.3, 0.4) is 0 Å². The van der Waals surface area contributed by atoms with Crippen molar-refractivity contribution in [2.45, 2.75) is 18.6 Å². The molecule has 1 N–H and O–H groups in total. The Labute approximate surface area is 147 Å². The minimum absolute atomic E-state index is 0.485. The van der Waals surface area contributed by atoms with E-state index in [9.17, 15) is 5.11 Å². The van der Waals surface area contributed by atoms with Gasteiger partial charge in [-0.05, 0) is 47.4 Å². The van der Waals surface area contributed by atoms with Gasteiger partial charge in [-0.1, -0.05) is 48.5 Å². The molecule has 0 bridgehead atoms. The highest BCUT2D eigenvalue weighted by Crippen LogP contribution is 2.42. The summed E-state index contributed by atoms with van der Waals surface area (Å²) in [6, 6.07) is 23.8. The van der Waals surface area contributed by atoms with E-state index >= 15 is 0 Å². The van der Waals surface area contributed by atoms with Gasteiger partial charge in [0.1, 0.15) is 11.5 Å². The molecule has 3 aromatic rings. The largest absolute Gasteiger partial charge is 0.496 e. The van der Waals surface area contributed by atoms with E-state index < -0.39 is 5.79 Å². The van der Waals surface area contributed by atoms with Crippen molar-refractivity contribution in [3.63, 3.8) is 0 Å². The van der Waals surface area contributed by atoms with Gasteiger partial charge in [0.05, 0.1) is 12.7 Å². The fourth-order valence-corrected chi connectivity index (χ4v) is 3.38. The van der Waals surface area contributed by atoms with Crippen LogP contribution in [0, 0.1) is 0 Å². The lowest BCUT2D eigenvalue weighted by molar-refractivity contribution is -0.159.